The first-order chi connectivity index (χ1) is 10.3. The molecule has 0 radical (unpaired) electrons. The summed E-state index contributed by atoms with van der Waals surface area (Å²) >= 11 is 6.54. The zero-order valence-electron chi connectivity index (χ0n) is 10.9. The van der Waals surface area contributed by atoms with E-state index >= 15 is 0 Å². The molecule has 0 aliphatic rings. The smallest absolute Gasteiger partial charge is 0.325 e. The summed E-state index contributed by atoms with van der Waals surface area (Å²) in [5.74, 6) is -0.488. The number of carbonyl (C=O) groups is 1. The van der Waals surface area contributed by atoms with Gasteiger partial charge in [0, 0.05) is 16.9 Å². The van der Waals surface area contributed by atoms with Gasteiger partial charge in [-0.05, 0) is 30.3 Å². The Labute approximate surface area is 133 Å². The molecule has 0 bridgehead atoms. The molecule has 1 amide bonds. The van der Waals surface area contributed by atoms with E-state index in [0.29, 0.717) is 10.7 Å². The summed E-state index contributed by atoms with van der Waals surface area (Å²) < 4.78 is 37.5. The van der Waals surface area contributed by atoms with Crippen LogP contribution in [0.1, 0.15) is 5.69 Å². The minimum Gasteiger partial charge on any atom is -0.325 e. The lowest BCUT2D eigenvalue weighted by atomic mass is 10.3. The van der Waals surface area contributed by atoms with Gasteiger partial charge in [0.15, 0.2) is 5.16 Å². The van der Waals surface area contributed by atoms with E-state index in [1.807, 2.05) is 0 Å². The van der Waals surface area contributed by atoms with Crippen LogP contribution in [0.4, 0.5) is 18.9 Å². The first-order valence-electron chi connectivity index (χ1n) is 5.93. The molecule has 116 valence electrons. The second-order valence-electron chi connectivity index (χ2n) is 4.07. The summed E-state index contributed by atoms with van der Waals surface area (Å²) in [7, 11) is 0. The van der Waals surface area contributed by atoms with E-state index in [0.717, 1.165) is 24.0 Å². The van der Waals surface area contributed by atoms with Gasteiger partial charge in [-0.1, -0.05) is 23.4 Å². The quantitative estimate of drug-likeness (QED) is 0.673. The Balaban J connectivity index is 1.92. The average Bonchev–Trinajstić information content (AvgIpc) is 2.47. The van der Waals surface area contributed by atoms with Crippen LogP contribution in [0.5, 0.6) is 0 Å². The number of carbonyl (C=O) groups excluding carboxylic acids is 1. The van der Waals surface area contributed by atoms with Gasteiger partial charge >= 0.3 is 6.18 Å². The molecule has 22 heavy (non-hydrogen) atoms. The highest BCUT2D eigenvalue weighted by Crippen LogP contribution is 2.28. The molecule has 0 aliphatic carbocycles. The van der Waals surface area contributed by atoms with Crippen molar-refractivity contribution in [3.63, 3.8) is 0 Å². The highest BCUT2D eigenvalue weighted by molar-refractivity contribution is 7.99. The molecule has 2 rings (SSSR count). The topological polar surface area (TPSA) is 54.9 Å². The molecule has 0 atom stereocenters. The maximum absolute atomic E-state index is 12.5. The number of benzene rings is 1. The van der Waals surface area contributed by atoms with E-state index in [1.54, 1.807) is 24.3 Å². The van der Waals surface area contributed by atoms with Gasteiger partial charge in [0.2, 0.25) is 5.91 Å². The third-order valence-electron chi connectivity index (χ3n) is 2.38. The molecule has 0 saturated heterocycles. The number of aromatic nitrogens is 2. The summed E-state index contributed by atoms with van der Waals surface area (Å²) in [5.41, 5.74) is -0.497. The standard InChI is InChI=1S/C13H9ClF3N3OS/c14-8-1-3-9(4-2-8)19-11(21)7-22-12-18-6-5-10(20-12)13(15,16)17/h1-6H,7H2,(H,19,21). The monoisotopic (exact) mass is 347 g/mol. The number of thioether (sulfide) groups is 1. The number of alkyl halides is 3. The molecule has 0 spiro atoms. The number of hydrogen-bond acceptors (Lipinski definition) is 4. The maximum Gasteiger partial charge on any atom is 0.433 e. The van der Waals surface area contributed by atoms with Crippen molar-refractivity contribution < 1.29 is 18.0 Å². The Kier molecular flexibility index (Phi) is 5.25. The van der Waals surface area contributed by atoms with Crippen LogP contribution in [0, 0.1) is 0 Å². The number of halogens is 4. The SMILES string of the molecule is O=C(CSc1nccc(C(F)(F)F)n1)Nc1ccc(Cl)cc1. The second kappa shape index (κ2) is 6.97. The van der Waals surface area contributed by atoms with Crippen molar-refractivity contribution in [1.82, 2.24) is 9.97 Å². The fourth-order valence-electron chi connectivity index (χ4n) is 1.43. The summed E-state index contributed by atoms with van der Waals surface area (Å²) in [6.45, 7) is 0. The molecule has 2 aromatic rings. The Morgan fingerprint density at radius 1 is 1.23 bits per heavy atom. The molecule has 1 N–H and O–H groups in total. The fraction of sp³-hybridized carbons (Fsp3) is 0.154. The van der Waals surface area contributed by atoms with Gasteiger partial charge in [0.25, 0.3) is 0 Å². The number of hydrogen-bond donors (Lipinski definition) is 1. The molecule has 1 aromatic carbocycles. The van der Waals surface area contributed by atoms with Crippen molar-refractivity contribution >= 4 is 35.0 Å². The van der Waals surface area contributed by atoms with Crippen LogP contribution >= 0.6 is 23.4 Å². The van der Waals surface area contributed by atoms with Gasteiger partial charge in [-0.2, -0.15) is 13.2 Å². The van der Waals surface area contributed by atoms with Crippen molar-refractivity contribution in [2.24, 2.45) is 0 Å². The molecule has 0 aliphatic heterocycles. The third kappa shape index (κ3) is 4.88. The normalized spacial score (nSPS) is 11.3. The van der Waals surface area contributed by atoms with Gasteiger partial charge in [0.05, 0.1) is 5.75 Å². The van der Waals surface area contributed by atoms with Crippen LogP contribution < -0.4 is 5.32 Å². The minimum absolute atomic E-state index is 0.107. The predicted octanol–water partition coefficient (Wildman–Crippen LogP) is 3.88. The molecule has 0 fully saturated rings. The molecule has 4 nitrogen and oxygen atoms in total. The van der Waals surface area contributed by atoms with Crippen LogP contribution in [-0.4, -0.2) is 21.6 Å². The fourth-order valence-corrected chi connectivity index (χ4v) is 2.19. The van der Waals surface area contributed by atoms with Crippen molar-refractivity contribution in [1.29, 1.82) is 0 Å². The summed E-state index contributed by atoms with van der Waals surface area (Å²) in [5, 5.41) is 3.01. The number of nitrogens with one attached hydrogen (secondary N) is 1. The van der Waals surface area contributed by atoms with Gasteiger partial charge < -0.3 is 5.32 Å². The van der Waals surface area contributed by atoms with Crippen molar-refractivity contribution in [3.8, 4) is 0 Å². The van der Waals surface area contributed by atoms with Gasteiger partial charge in [-0.15, -0.1) is 0 Å². The van der Waals surface area contributed by atoms with Gasteiger partial charge in [-0.3, -0.25) is 4.79 Å². The number of rotatable bonds is 4. The van der Waals surface area contributed by atoms with E-state index in [1.165, 1.54) is 0 Å². The third-order valence-corrected chi connectivity index (χ3v) is 3.50. The Morgan fingerprint density at radius 3 is 2.55 bits per heavy atom. The van der Waals surface area contributed by atoms with E-state index in [2.05, 4.69) is 15.3 Å². The summed E-state index contributed by atoms with van der Waals surface area (Å²) in [6, 6.07) is 7.23. The zero-order chi connectivity index (χ0) is 16.2. The van der Waals surface area contributed by atoms with Crippen LogP contribution in [0.15, 0.2) is 41.7 Å². The lowest BCUT2D eigenvalue weighted by Gasteiger charge is -2.07. The lowest BCUT2D eigenvalue weighted by molar-refractivity contribution is -0.141. The minimum atomic E-state index is -4.54. The van der Waals surface area contributed by atoms with Crippen LogP contribution in [0.2, 0.25) is 5.02 Å². The molecule has 0 unspecified atom stereocenters. The Bertz CT molecular complexity index is 664. The van der Waals surface area contributed by atoms with Crippen molar-refractivity contribution in [2.45, 2.75) is 11.3 Å². The number of amides is 1. The van der Waals surface area contributed by atoms with Crippen LogP contribution in [-0.2, 0) is 11.0 Å². The highest BCUT2D eigenvalue weighted by Gasteiger charge is 2.32. The average molecular weight is 348 g/mol. The van der Waals surface area contributed by atoms with Gasteiger partial charge in [0.1, 0.15) is 5.69 Å². The number of nitrogens with zero attached hydrogens (tertiary/aromatic N) is 2. The molecule has 1 aromatic heterocycles. The molecule has 9 heteroatoms. The Morgan fingerprint density at radius 2 is 1.91 bits per heavy atom. The zero-order valence-corrected chi connectivity index (χ0v) is 12.5. The molecule has 1 heterocycles. The van der Waals surface area contributed by atoms with E-state index in [9.17, 15) is 18.0 Å². The molecular formula is C13H9ClF3N3OS. The first kappa shape index (κ1) is 16.6. The Hall–Kier alpha value is -1.80. The lowest BCUT2D eigenvalue weighted by Crippen LogP contribution is -2.14. The van der Waals surface area contributed by atoms with E-state index in [-0.39, 0.29) is 16.8 Å². The highest BCUT2D eigenvalue weighted by atomic mass is 35.5. The van der Waals surface area contributed by atoms with E-state index in [4.69, 9.17) is 11.6 Å². The van der Waals surface area contributed by atoms with Gasteiger partial charge in [-0.25, -0.2) is 9.97 Å². The summed E-state index contributed by atoms with van der Waals surface area (Å²) in [6.07, 6.45) is -3.53. The maximum atomic E-state index is 12.5. The summed E-state index contributed by atoms with van der Waals surface area (Å²) in [4.78, 5) is 18.8. The number of anilines is 1. The predicted molar refractivity (Wildman–Crippen MR) is 77.8 cm³/mol. The van der Waals surface area contributed by atoms with Crippen LogP contribution in [0.3, 0.4) is 0 Å². The van der Waals surface area contributed by atoms with E-state index < -0.39 is 11.9 Å². The second-order valence-corrected chi connectivity index (χ2v) is 5.44. The first-order valence-corrected chi connectivity index (χ1v) is 7.29. The van der Waals surface area contributed by atoms with Crippen LogP contribution in [0.25, 0.3) is 0 Å². The molecular weight excluding hydrogens is 339 g/mol. The van der Waals surface area contributed by atoms with Crippen molar-refractivity contribution in [3.05, 3.63) is 47.2 Å². The van der Waals surface area contributed by atoms with Crippen molar-refractivity contribution in [2.75, 3.05) is 11.1 Å². The largest absolute Gasteiger partial charge is 0.433 e. The molecule has 0 saturated carbocycles.